The highest BCUT2D eigenvalue weighted by molar-refractivity contribution is 6.30. The van der Waals surface area contributed by atoms with Gasteiger partial charge in [0.15, 0.2) is 0 Å². The van der Waals surface area contributed by atoms with E-state index in [-0.39, 0.29) is 5.41 Å². The Bertz CT molecular complexity index is 1680. The summed E-state index contributed by atoms with van der Waals surface area (Å²) in [6.07, 6.45) is -3.28. The molecule has 1 atom stereocenters. The molecular weight excluding hydrogens is 629 g/mol. The van der Waals surface area contributed by atoms with Crippen LogP contribution < -0.4 is 25.2 Å². The van der Waals surface area contributed by atoms with Gasteiger partial charge in [-0.3, -0.25) is 14.8 Å². The number of hydrogen-bond donors (Lipinski definition) is 3. The molecule has 3 aromatic rings. The van der Waals surface area contributed by atoms with Gasteiger partial charge in [0.25, 0.3) is 11.8 Å². The summed E-state index contributed by atoms with van der Waals surface area (Å²) in [5.74, 6) is -1.19. The number of nitrogens with zero attached hydrogens (tertiary/aromatic N) is 2. The van der Waals surface area contributed by atoms with Crippen LogP contribution in [0.15, 0.2) is 65.8 Å². The second-order valence-corrected chi connectivity index (χ2v) is 12.2. The Kier molecular flexibility index (Phi) is 8.84. The molecule has 1 heterocycles. The minimum absolute atomic E-state index is 0.312. The van der Waals surface area contributed by atoms with Crippen molar-refractivity contribution < 1.29 is 42.3 Å². The van der Waals surface area contributed by atoms with Crippen LogP contribution in [0.3, 0.4) is 0 Å². The van der Waals surface area contributed by atoms with Crippen molar-refractivity contribution in [3.63, 3.8) is 0 Å². The van der Waals surface area contributed by atoms with Gasteiger partial charge in [-0.05, 0) is 75.1 Å². The number of hydroxylamine groups is 1. The van der Waals surface area contributed by atoms with E-state index in [0.29, 0.717) is 45.5 Å². The van der Waals surface area contributed by atoms with E-state index >= 15 is 0 Å². The highest BCUT2D eigenvalue weighted by Gasteiger charge is 2.54. The molecule has 3 aromatic carbocycles. The number of benzene rings is 3. The number of carbonyl (C=O) groups is 2. The molecule has 0 bridgehead atoms. The minimum Gasteiger partial charge on any atom is -0.497 e. The molecule has 0 radical (unpaired) electrons. The third-order valence-electron chi connectivity index (χ3n) is 8.03. The Morgan fingerprint density at radius 1 is 1.04 bits per heavy atom. The maximum atomic E-state index is 14.4. The molecule has 244 valence electrons. The molecule has 0 saturated heterocycles. The Balaban J connectivity index is 1.50. The van der Waals surface area contributed by atoms with Gasteiger partial charge in [-0.1, -0.05) is 35.0 Å². The number of methoxy groups -OCH3 is 1. The number of carbonyl (C=O) groups excluding carboxylic acids is 2. The maximum Gasteiger partial charge on any atom is 0.573 e. The quantitative estimate of drug-likeness (QED) is 0.129. The minimum atomic E-state index is -4.89. The molecule has 1 fully saturated rings. The van der Waals surface area contributed by atoms with Crippen molar-refractivity contribution in [1.82, 2.24) is 5.48 Å². The van der Waals surface area contributed by atoms with E-state index in [2.05, 4.69) is 15.2 Å². The van der Waals surface area contributed by atoms with Gasteiger partial charge in [0.05, 0.1) is 18.5 Å². The molecule has 5 rings (SSSR count). The first-order chi connectivity index (χ1) is 21.6. The molecule has 46 heavy (non-hydrogen) atoms. The van der Waals surface area contributed by atoms with Crippen molar-refractivity contribution >= 4 is 40.5 Å². The maximum absolute atomic E-state index is 14.4. The molecule has 0 aromatic heterocycles. The number of halogens is 4. The summed E-state index contributed by atoms with van der Waals surface area (Å²) in [6.45, 7) is 4.81. The summed E-state index contributed by atoms with van der Waals surface area (Å²) in [5, 5.41) is 16.8. The Morgan fingerprint density at radius 3 is 2.35 bits per heavy atom. The van der Waals surface area contributed by atoms with E-state index in [9.17, 15) is 22.8 Å². The largest absolute Gasteiger partial charge is 0.573 e. The third kappa shape index (κ3) is 7.00. The van der Waals surface area contributed by atoms with E-state index in [4.69, 9.17) is 26.4 Å². The van der Waals surface area contributed by atoms with Crippen LogP contribution >= 0.6 is 11.6 Å². The molecule has 1 unspecified atom stereocenters. The normalized spacial score (nSPS) is 16.0. The lowest BCUT2D eigenvalue weighted by atomic mass is 9.99. The zero-order valence-corrected chi connectivity index (χ0v) is 26.1. The number of oxime groups is 1. The molecule has 3 N–H and O–H groups in total. The van der Waals surface area contributed by atoms with Crippen LogP contribution in [0.25, 0.3) is 0 Å². The van der Waals surface area contributed by atoms with Crippen molar-refractivity contribution in [3.8, 4) is 11.5 Å². The van der Waals surface area contributed by atoms with Gasteiger partial charge in [0.2, 0.25) is 5.60 Å². The predicted octanol–water partition coefficient (Wildman–Crippen LogP) is 6.50. The molecule has 14 heteroatoms. The summed E-state index contributed by atoms with van der Waals surface area (Å²) in [6, 6.07) is 14.9. The lowest BCUT2D eigenvalue weighted by Gasteiger charge is -2.27. The van der Waals surface area contributed by atoms with E-state index in [0.717, 1.165) is 18.4 Å². The number of fused-ring (bicyclic) bond motifs is 2. The summed E-state index contributed by atoms with van der Waals surface area (Å²) < 4.78 is 48.9. The number of nitrogens with one attached hydrogen (secondary N) is 2. The first kappa shape index (κ1) is 32.9. The second kappa shape index (κ2) is 12.4. The fourth-order valence-electron chi connectivity index (χ4n) is 5.31. The van der Waals surface area contributed by atoms with Gasteiger partial charge < -0.3 is 24.5 Å². The summed E-state index contributed by atoms with van der Waals surface area (Å²) >= 11 is 6.15. The van der Waals surface area contributed by atoms with E-state index in [1.165, 1.54) is 43.5 Å². The van der Waals surface area contributed by atoms with Crippen LogP contribution in [0.2, 0.25) is 5.02 Å². The molecule has 1 aliphatic heterocycles. The number of alkyl halides is 3. The highest BCUT2D eigenvalue weighted by atomic mass is 35.5. The fourth-order valence-corrected chi connectivity index (χ4v) is 5.44. The summed E-state index contributed by atoms with van der Waals surface area (Å²) in [7, 11) is 1.47. The average molecular weight is 661 g/mol. The average Bonchev–Trinajstić information content (AvgIpc) is 3.73. The molecular formula is C32H32ClF3N4O6. The number of hydrogen-bond acceptors (Lipinski definition) is 8. The first-order valence-corrected chi connectivity index (χ1v) is 14.6. The van der Waals surface area contributed by atoms with Gasteiger partial charge in [-0.2, -0.15) is 0 Å². The molecule has 2 aliphatic rings. The lowest BCUT2D eigenvalue weighted by molar-refractivity contribution is -0.274. The van der Waals surface area contributed by atoms with E-state index in [1.807, 2.05) is 0 Å². The van der Waals surface area contributed by atoms with Gasteiger partial charge in [0, 0.05) is 40.4 Å². The van der Waals surface area contributed by atoms with Crippen LogP contribution in [0.1, 0.15) is 56.3 Å². The van der Waals surface area contributed by atoms with Crippen molar-refractivity contribution in [2.24, 2.45) is 5.16 Å². The second-order valence-electron chi connectivity index (χ2n) is 11.7. The standard InChI is InChI=1S/C32H32ClF3N4O6/c1-18(39-46-30(2,3)29(42)38-43)20-13-22(15-24(14-20)44-4)37-27(19-5-7-21(33)8-6-19)28(41)40-17-31(11-12-31)25-10-9-23(16-26(25)40)45-32(34,35)36/h5-10,13-16,27,37,43H,11-12,17H2,1-4H3,(H,38,42). The number of amides is 2. The SMILES string of the molecule is COc1cc(NC(C(=O)N2CC3(CC3)c3ccc(OC(F)(F)F)cc32)c2ccc(Cl)cc2)cc(C(C)=NOC(C)(C)C(=O)NO)c1. The van der Waals surface area contributed by atoms with Gasteiger partial charge in [-0.25, -0.2) is 5.48 Å². The molecule has 10 nitrogen and oxygen atoms in total. The predicted molar refractivity (Wildman–Crippen MR) is 165 cm³/mol. The molecule has 2 amide bonds. The molecule has 1 saturated carbocycles. The molecule has 1 aliphatic carbocycles. The zero-order chi connectivity index (χ0) is 33.4. The fraction of sp³-hybridized carbons (Fsp3) is 0.344. The monoisotopic (exact) mass is 660 g/mol. The smallest absolute Gasteiger partial charge is 0.497 e. The van der Waals surface area contributed by atoms with Crippen molar-refractivity contribution in [2.75, 3.05) is 23.9 Å². The number of rotatable bonds is 10. The van der Waals surface area contributed by atoms with E-state index in [1.54, 1.807) is 55.5 Å². The Hall–Kier alpha value is -4.49. The van der Waals surface area contributed by atoms with Crippen LogP contribution in [-0.2, 0) is 19.8 Å². The Morgan fingerprint density at radius 2 is 1.74 bits per heavy atom. The zero-order valence-electron chi connectivity index (χ0n) is 25.4. The summed E-state index contributed by atoms with van der Waals surface area (Å²) in [4.78, 5) is 33.2. The number of anilines is 2. The van der Waals surface area contributed by atoms with Gasteiger partial charge in [0.1, 0.15) is 17.5 Å². The lowest BCUT2D eigenvalue weighted by Crippen LogP contribution is -2.42. The van der Waals surface area contributed by atoms with Crippen LogP contribution in [0.5, 0.6) is 11.5 Å². The van der Waals surface area contributed by atoms with Crippen LogP contribution in [0.4, 0.5) is 24.5 Å². The van der Waals surface area contributed by atoms with Crippen molar-refractivity contribution in [2.45, 2.75) is 57.0 Å². The highest BCUT2D eigenvalue weighted by Crippen LogP contribution is 2.57. The van der Waals surface area contributed by atoms with Crippen molar-refractivity contribution in [3.05, 3.63) is 82.4 Å². The molecule has 1 spiro atoms. The number of ether oxygens (including phenoxy) is 2. The van der Waals surface area contributed by atoms with Crippen molar-refractivity contribution in [1.29, 1.82) is 0 Å². The third-order valence-corrected chi connectivity index (χ3v) is 8.28. The summed E-state index contributed by atoms with van der Waals surface area (Å²) in [5.41, 5.74) is 2.82. The first-order valence-electron chi connectivity index (χ1n) is 14.3. The van der Waals surface area contributed by atoms with Gasteiger partial charge >= 0.3 is 6.36 Å². The van der Waals surface area contributed by atoms with E-state index < -0.39 is 35.6 Å². The Labute approximate surface area is 268 Å². The van der Waals surface area contributed by atoms with Crippen LogP contribution in [0, 0.1) is 0 Å². The topological polar surface area (TPSA) is 122 Å². The van der Waals surface area contributed by atoms with Crippen LogP contribution in [-0.4, -0.2) is 48.4 Å². The van der Waals surface area contributed by atoms with Gasteiger partial charge in [-0.15, -0.1) is 13.2 Å².